The van der Waals surface area contributed by atoms with Gasteiger partial charge in [0, 0.05) is 0 Å². The Morgan fingerprint density at radius 2 is 1.10 bits per heavy atom. The zero-order valence-electron chi connectivity index (χ0n) is 9.39. The summed E-state index contributed by atoms with van der Waals surface area (Å²) in [5, 5.41) is 0.386. The van der Waals surface area contributed by atoms with Crippen molar-refractivity contribution < 1.29 is 9.78 Å². The van der Waals surface area contributed by atoms with E-state index in [-0.39, 0.29) is 36.6 Å². The van der Waals surface area contributed by atoms with Gasteiger partial charge in [-0.15, -0.1) is 0 Å². The highest BCUT2D eigenvalue weighted by atomic mass is 35.5. The summed E-state index contributed by atoms with van der Waals surface area (Å²) in [6.07, 6.45) is 0. The van der Waals surface area contributed by atoms with Crippen LogP contribution < -0.4 is 9.78 Å². The van der Waals surface area contributed by atoms with E-state index in [1.54, 1.807) is 24.3 Å². The summed E-state index contributed by atoms with van der Waals surface area (Å²) in [5.74, 6) is 0.233. The number of benzene rings is 2. The number of halogens is 6. The number of para-hydroxylation sites is 1. The lowest BCUT2D eigenvalue weighted by molar-refractivity contribution is -0.0996. The average molecular weight is 393 g/mol. The lowest BCUT2D eigenvalue weighted by atomic mass is 10.3. The van der Waals surface area contributed by atoms with Crippen molar-refractivity contribution in [3.05, 3.63) is 54.4 Å². The molecule has 20 heavy (non-hydrogen) atoms. The minimum absolute atomic E-state index is 0.0143. The van der Waals surface area contributed by atoms with Crippen molar-refractivity contribution in [3.63, 3.8) is 0 Å². The van der Waals surface area contributed by atoms with E-state index >= 15 is 0 Å². The van der Waals surface area contributed by atoms with E-state index in [1.165, 1.54) is 0 Å². The predicted octanol–water partition coefficient (Wildman–Crippen LogP) is 6.98. The van der Waals surface area contributed by atoms with Crippen LogP contribution in [0.1, 0.15) is 0 Å². The van der Waals surface area contributed by atoms with Crippen LogP contribution in [0, 0.1) is 0 Å². The molecule has 0 N–H and O–H groups in total. The van der Waals surface area contributed by atoms with Gasteiger partial charge in [-0.05, 0) is 12.1 Å². The molecule has 0 fully saturated rings. The molecule has 0 saturated carbocycles. The van der Waals surface area contributed by atoms with Crippen LogP contribution >= 0.6 is 69.6 Å². The van der Waals surface area contributed by atoms with Gasteiger partial charge in [0.2, 0.25) is 5.75 Å². The summed E-state index contributed by atoms with van der Waals surface area (Å²) in [6.45, 7) is 0. The van der Waals surface area contributed by atoms with E-state index < -0.39 is 0 Å². The molecule has 2 nitrogen and oxygen atoms in total. The topological polar surface area (TPSA) is 18.5 Å². The van der Waals surface area contributed by atoms with Gasteiger partial charge in [-0.3, -0.25) is 9.78 Å². The summed E-state index contributed by atoms with van der Waals surface area (Å²) >= 11 is 35.5. The highest BCUT2D eigenvalue weighted by molar-refractivity contribution is 6.55. The second-order valence-corrected chi connectivity index (χ2v) is 5.79. The molecular formula is C12H4Cl6O2. The molecule has 0 aliphatic heterocycles. The van der Waals surface area contributed by atoms with Gasteiger partial charge in [0.15, 0.2) is 5.75 Å². The Bertz CT molecular complexity index is 630. The Kier molecular flexibility index (Phi) is 5.41. The van der Waals surface area contributed by atoms with E-state index in [9.17, 15) is 0 Å². The maximum atomic E-state index is 5.98. The largest absolute Gasteiger partial charge is 0.288 e. The van der Waals surface area contributed by atoms with Crippen molar-refractivity contribution in [1.29, 1.82) is 0 Å². The van der Waals surface area contributed by atoms with Crippen molar-refractivity contribution in [2.45, 2.75) is 0 Å². The van der Waals surface area contributed by atoms with Gasteiger partial charge in [0.1, 0.15) is 10.0 Å². The van der Waals surface area contributed by atoms with Gasteiger partial charge in [0.25, 0.3) is 0 Å². The zero-order valence-corrected chi connectivity index (χ0v) is 13.9. The molecule has 0 spiro atoms. The highest BCUT2D eigenvalue weighted by Crippen LogP contribution is 2.48. The lowest BCUT2D eigenvalue weighted by Gasteiger charge is -2.12. The molecule has 0 saturated heterocycles. The molecule has 2 aromatic carbocycles. The third-order valence-electron chi connectivity index (χ3n) is 2.22. The van der Waals surface area contributed by atoms with E-state index in [1.807, 2.05) is 0 Å². The minimum atomic E-state index is -0.0485. The monoisotopic (exact) mass is 390 g/mol. The first kappa shape index (κ1) is 16.2. The fourth-order valence-corrected chi connectivity index (χ4v) is 2.61. The molecule has 0 aliphatic rings. The van der Waals surface area contributed by atoms with Crippen LogP contribution in [-0.4, -0.2) is 0 Å². The predicted molar refractivity (Wildman–Crippen MR) is 84.2 cm³/mol. The van der Waals surface area contributed by atoms with Gasteiger partial charge in [-0.1, -0.05) is 81.7 Å². The van der Waals surface area contributed by atoms with E-state index in [0.717, 1.165) is 0 Å². The lowest BCUT2D eigenvalue weighted by Crippen LogP contribution is -2.02. The van der Waals surface area contributed by atoms with Crippen LogP contribution in [0.3, 0.4) is 0 Å². The summed E-state index contributed by atoms with van der Waals surface area (Å²) in [7, 11) is 0. The minimum Gasteiger partial charge on any atom is -0.288 e. The van der Waals surface area contributed by atoms with Gasteiger partial charge in [0.05, 0.1) is 20.1 Å². The summed E-state index contributed by atoms with van der Waals surface area (Å²) in [5.41, 5.74) is 0. The van der Waals surface area contributed by atoms with Gasteiger partial charge >= 0.3 is 0 Å². The molecule has 0 aliphatic carbocycles. The molecule has 106 valence electrons. The molecule has 0 unspecified atom stereocenters. The Morgan fingerprint density at radius 3 is 1.65 bits per heavy atom. The Labute approximate surface area is 144 Å². The van der Waals surface area contributed by atoms with Crippen molar-refractivity contribution in [3.8, 4) is 11.5 Å². The van der Waals surface area contributed by atoms with Crippen molar-refractivity contribution in [1.82, 2.24) is 0 Å². The molecule has 0 atom stereocenters. The smallest absolute Gasteiger partial charge is 0.218 e. The molecular weight excluding hydrogens is 389 g/mol. The fourth-order valence-electron chi connectivity index (χ4n) is 1.26. The standard InChI is InChI=1S/C12H4Cl6O2/c13-5-3-1-2-4-6(5)19-20-12-10(17)8(15)7(14)9(16)11(12)18/h1-4H. The van der Waals surface area contributed by atoms with Crippen LogP contribution in [-0.2, 0) is 0 Å². The van der Waals surface area contributed by atoms with Gasteiger partial charge < -0.3 is 0 Å². The first-order valence-corrected chi connectivity index (χ1v) is 7.30. The van der Waals surface area contributed by atoms with Crippen molar-refractivity contribution >= 4 is 69.6 Å². The maximum absolute atomic E-state index is 5.98. The Hall–Kier alpha value is -0.220. The SMILES string of the molecule is Clc1ccccc1OOc1c(Cl)c(Cl)c(Cl)c(Cl)c1Cl. The van der Waals surface area contributed by atoms with Crippen LogP contribution in [0.25, 0.3) is 0 Å². The molecule has 0 aromatic heterocycles. The molecule has 0 radical (unpaired) electrons. The fraction of sp³-hybridized carbons (Fsp3) is 0. The van der Waals surface area contributed by atoms with Crippen LogP contribution in [0.2, 0.25) is 30.1 Å². The highest BCUT2D eigenvalue weighted by Gasteiger charge is 2.22. The molecule has 0 amide bonds. The summed E-state index contributed by atoms with van der Waals surface area (Å²) in [6, 6.07) is 6.69. The first-order chi connectivity index (χ1) is 9.43. The van der Waals surface area contributed by atoms with Crippen LogP contribution in [0.5, 0.6) is 11.5 Å². The molecule has 2 aromatic rings. The van der Waals surface area contributed by atoms with E-state index in [0.29, 0.717) is 5.02 Å². The maximum Gasteiger partial charge on any atom is 0.218 e. The van der Waals surface area contributed by atoms with Crippen LogP contribution in [0.15, 0.2) is 24.3 Å². The Morgan fingerprint density at radius 1 is 0.600 bits per heavy atom. The normalized spacial score (nSPS) is 10.5. The second-order valence-electron chi connectivity index (χ2n) is 3.50. The summed E-state index contributed by atoms with van der Waals surface area (Å²) in [4.78, 5) is 10.1. The number of hydrogen-bond donors (Lipinski definition) is 0. The average Bonchev–Trinajstić information content (AvgIpc) is 2.45. The zero-order chi connectivity index (χ0) is 14.9. The third-order valence-corrected chi connectivity index (χ3v) is 4.78. The molecule has 8 heteroatoms. The van der Waals surface area contributed by atoms with Crippen molar-refractivity contribution in [2.24, 2.45) is 0 Å². The van der Waals surface area contributed by atoms with E-state index in [2.05, 4.69) is 0 Å². The number of rotatable bonds is 3. The Balaban J connectivity index is 2.33. The van der Waals surface area contributed by atoms with Gasteiger partial charge in [-0.2, -0.15) is 0 Å². The quantitative estimate of drug-likeness (QED) is 0.243. The molecule has 2 rings (SSSR count). The first-order valence-electron chi connectivity index (χ1n) is 5.04. The van der Waals surface area contributed by atoms with E-state index in [4.69, 9.17) is 79.4 Å². The molecule has 0 heterocycles. The second kappa shape index (κ2) is 6.69. The van der Waals surface area contributed by atoms with Crippen LogP contribution in [0.4, 0.5) is 0 Å². The van der Waals surface area contributed by atoms with Crippen molar-refractivity contribution in [2.75, 3.05) is 0 Å². The van der Waals surface area contributed by atoms with Gasteiger partial charge in [-0.25, -0.2) is 0 Å². The summed E-state index contributed by atoms with van der Waals surface area (Å²) < 4.78 is 0. The number of hydrogen-bond acceptors (Lipinski definition) is 2. The molecule has 0 bridgehead atoms. The third kappa shape index (κ3) is 3.16.